The average Bonchev–Trinajstić information content (AvgIpc) is 2.80. The van der Waals surface area contributed by atoms with E-state index in [1.165, 1.54) is 0 Å². The van der Waals surface area contributed by atoms with Crippen molar-refractivity contribution in [1.82, 2.24) is 4.90 Å². The lowest BCUT2D eigenvalue weighted by Gasteiger charge is -2.36. The molecule has 1 fully saturated rings. The van der Waals surface area contributed by atoms with Crippen LogP contribution in [-0.4, -0.2) is 42.9 Å². The lowest BCUT2D eigenvalue weighted by molar-refractivity contribution is 0.0746. The van der Waals surface area contributed by atoms with Crippen LogP contribution >= 0.6 is 11.6 Å². The number of hydrogen-bond acceptors (Lipinski definition) is 3. The first-order valence-electron chi connectivity index (χ1n) is 10.3. The zero-order valence-corrected chi connectivity index (χ0v) is 18.1. The van der Waals surface area contributed by atoms with Gasteiger partial charge in [-0.15, -0.1) is 0 Å². The van der Waals surface area contributed by atoms with E-state index in [4.69, 9.17) is 11.6 Å². The number of halogens is 1. The van der Waals surface area contributed by atoms with Gasteiger partial charge < -0.3 is 15.1 Å². The topological polar surface area (TPSA) is 52.7 Å². The summed E-state index contributed by atoms with van der Waals surface area (Å²) in [5, 5.41) is 3.45. The van der Waals surface area contributed by atoms with Gasteiger partial charge in [0.05, 0.1) is 10.7 Å². The Hall–Kier alpha value is -3.31. The van der Waals surface area contributed by atoms with Crippen LogP contribution in [0.3, 0.4) is 0 Å². The van der Waals surface area contributed by atoms with Crippen molar-refractivity contribution in [2.24, 2.45) is 0 Å². The molecule has 0 atom stereocenters. The molecule has 0 radical (unpaired) electrons. The van der Waals surface area contributed by atoms with Gasteiger partial charge >= 0.3 is 0 Å². The summed E-state index contributed by atoms with van der Waals surface area (Å²) in [5.41, 5.74) is 3.90. The highest BCUT2D eigenvalue weighted by molar-refractivity contribution is 6.33. The minimum atomic E-state index is -0.173. The number of nitrogens with zero attached hydrogens (tertiary/aromatic N) is 2. The summed E-state index contributed by atoms with van der Waals surface area (Å²) < 4.78 is 0. The molecular weight excluding hydrogens is 410 g/mol. The molecule has 3 aromatic rings. The predicted octanol–water partition coefficient (Wildman–Crippen LogP) is 4.86. The lowest BCUT2D eigenvalue weighted by atomic mass is 10.1. The van der Waals surface area contributed by atoms with Gasteiger partial charge in [0.2, 0.25) is 0 Å². The van der Waals surface area contributed by atoms with Gasteiger partial charge in [0.15, 0.2) is 0 Å². The quantitative estimate of drug-likeness (QED) is 0.639. The van der Waals surface area contributed by atoms with Crippen molar-refractivity contribution in [3.8, 4) is 0 Å². The summed E-state index contributed by atoms with van der Waals surface area (Å²) in [7, 11) is 0. The Labute approximate surface area is 187 Å². The smallest absolute Gasteiger partial charge is 0.255 e. The number of hydrogen-bond donors (Lipinski definition) is 1. The molecule has 1 aliphatic heterocycles. The van der Waals surface area contributed by atoms with Crippen molar-refractivity contribution in [3.05, 3.63) is 94.5 Å². The van der Waals surface area contributed by atoms with Crippen molar-refractivity contribution in [2.45, 2.75) is 6.92 Å². The number of anilines is 2. The first-order chi connectivity index (χ1) is 15.0. The molecule has 0 saturated carbocycles. The summed E-state index contributed by atoms with van der Waals surface area (Å²) >= 11 is 6.53. The van der Waals surface area contributed by atoms with Gasteiger partial charge in [-0.05, 0) is 48.9 Å². The molecule has 6 heteroatoms. The number of carbonyl (C=O) groups is 2. The molecular formula is C25H24ClN3O2. The molecule has 1 N–H and O–H groups in total. The fourth-order valence-corrected chi connectivity index (χ4v) is 4.07. The minimum Gasteiger partial charge on any atom is -0.367 e. The highest BCUT2D eigenvalue weighted by Crippen LogP contribution is 2.30. The van der Waals surface area contributed by atoms with Crippen molar-refractivity contribution < 1.29 is 9.59 Å². The first-order valence-corrected chi connectivity index (χ1v) is 10.7. The Kier molecular flexibility index (Phi) is 6.23. The number of benzene rings is 3. The van der Waals surface area contributed by atoms with E-state index < -0.39 is 0 Å². The van der Waals surface area contributed by atoms with E-state index in [0.717, 1.165) is 16.8 Å². The second kappa shape index (κ2) is 9.23. The Morgan fingerprint density at radius 2 is 1.55 bits per heavy atom. The number of amides is 2. The van der Waals surface area contributed by atoms with Crippen LogP contribution in [0.2, 0.25) is 5.02 Å². The van der Waals surface area contributed by atoms with Gasteiger partial charge in [0.1, 0.15) is 0 Å². The van der Waals surface area contributed by atoms with Crippen LogP contribution in [0.1, 0.15) is 26.3 Å². The Bertz CT molecular complexity index is 1090. The fraction of sp³-hybridized carbons (Fsp3) is 0.200. The van der Waals surface area contributed by atoms with Crippen LogP contribution in [-0.2, 0) is 0 Å². The lowest BCUT2D eigenvalue weighted by Crippen LogP contribution is -2.49. The van der Waals surface area contributed by atoms with E-state index in [9.17, 15) is 9.59 Å². The van der Waals surface area contributed by atoms with E-state index in [1.54, 1.807) is 18.2 Å². The van der Waals surface area contributed by atoms with E-state index >= 15 is 0 Å². The zero-order chi connectivity index (χ0) is 21.8. The van der Waals surface area contributed by atoms with Crippen molar-refractivity contribution in [2.75, 3.05) is 36.4 Å². The molecule has 1 saturated heterocycles. The second-order valence-electron chi connectivity index (χ2n) is 7.58. The first kappa shape index (κ1) is 20.9. The molecule has 3 aromatic carbocycles. The Balaban J connectivity index is 1.39. The standard InChI is InChI=1S/C25H24ClN3O2/c1-18-7-5-6-10-21(18)25(31)29-15-13-28(14-16-29)23-12-11-20(17-22(23)26)27-24(30)19-8-3-2-4-9-19/h2-12,17H,13-16H2,1H3,(H,27,30). The van der Waals surface area contributed by atoms with Gasteiger partial charge in [-0.25, -0.2) is 0 Å². The van der Waals surface area contributed by atoms with Crippen molar-refractivity contribution in [3.63, 3.8) is 0 Å². The van der Waals surface area contributed by atoms with E-state index in [0.29, 0.717) is 42.5 Å². The van der Waals surface area contributed by atoms with E-state index in [2.05, 4.69) is 10.2 Å². The van der Waals surface area contributed by atoms with Crippen LogP contribution in [0.4, 0.5) is 11.4 Å². The summed E-state index contributed by atoms with van der Waals surface area (Å²) in [4.78, 5) is 29.3. The maximum absolute atomic E-state index is 12.8. The monoisotopic (exact) mass is 433 g/mol. The van der Waals surface area contributed by atoms with Gasteiger partial charge in [-0.2, -0.15) is 0 Å². The maximum Gasteiger partial charge on any atom is 0.255 e. The number of aryl methyl sites for hydroxylation is 1. The van der Waals surface area contributed by atoms with E-state index in [1.807, 2.05) is 66.4 Å². The SMILES string of the molecule is Cc1ccccc1C(=O)N1CCN(c2ccc(NC(=O)c3ccccc3)cc2Cl)CC1. The molecule has 0 unspecified atom stereocenters. The third-order valence-corrected chi connectivity index (χ3v) is 5.83. The third-order valence-electron chi connectivity index (χ3n) is 5.52. The number of carbonyl (C=O) groups excluding carboxylic acids is 2. The molecule has 0 spiro atoms. The summed E-state index contributed by atoms with van der Waals surface area (Å²) in [5.74, 6) is -0.101. The molecule has 31 heavy (non-hydrogen) atoms. The molecule has 5 nitrogen and oxygen atoms in total. The predicted molar refractivity (Wildman–Crippen MR) is 125 cm³/mol. The van der Waals surface area contributed by atoms with Crippen LogP contribution in [0.15, 0.2) is 72.8 Å². The average molecular weight is 434 g/mol. The van der Waals surface area contributed by atoms with Crippen molar-refractivity contribution >= 4 is 34.8 Å². The second-order valence-corrected chi connectivity index (χ2v) is 7.99. The normalized spacial score (nSPS) is 13.7. The zero-order valence-electron chi connectivity index (χ0n) is 17.3. The van der Waals surface area contributed by atoms with Gasteiger partial charge in [0, 0.05) is 43.0 Å². The molecule has 1 aliphatic rings. The molecule has 0 aliphatic carbocycles. The Morgan fingerprint density at radius 1 is 0.871 bits per heavy atom. The number of piperazine rings is 1. The van der Waals surface area contributed by atoms with E-state index in [-0.39, 0.29) is 11.8 Å². The highest BCUT2D eigenvalue weighted by Gasteiger charge is 2.24. The molecule has 158 valence electrons. The van der Waals surface area contributed by atoms with Crippen LogP contribution in [0.25, 0.3) is 0 Å². The molecule has 1 heterocycles. The van der Waals surface area contributed by atoms with Gasteiger partial charge in [-0.1, -0.05) is 48.0 Å². The van der Waals surface area contributed by atoms with Crippen LogP contribution < -0.4 is 10.2 Å². The summed E-state index contributed by atoms with van der Waals surface area (Å²) in [6.45, 7) is 4.63. The number of nitrogens with one attached hydrogen (secondary N) is 1. The summed E-state index contributed by atoms with van der Waals surface area (Å²) in [6, 6.07) is 22.3. The highest BCUT2D eigenvalue weighted by atomic mass is 35.5. The number of rotatable bonds is 4. The minimum absolute atomic E-state index is 0.0721. The fourth-order valence-electron chi connectivity index (χ4n) is 3.77. The molecule has 0 aromatic heterocycles. The Morgan fingerprint density at radius 3 is 2.23 bits per heavy atom. The summed E-state index contributed by atoms with van der Waals surface area (Å²) in [6.07, 6.45) is 0. The largest absolute Gasteiger partial charge is 0.367 e. The van der Waals surface area contributed by atoms with Crippen molar-refractivity contribution in [1.29, 1.82) is 0 Å². The maximum atomic E-state index is 12.8. The van der Waals surface area contributed by atoms with Crippen LogP contribution in [0, 0.1) is 6.92 Å². The van der Waals surface area contributed by atoms with Crippen LogP contribution in [0.5, 0.6) is 0 Å². The molecule has 2 amide bonds. The molecule has 4 rings (SSSR count). The van der Waals surface area contributed by atoms with Gasteiger partial charge in [0.25, 0.3) is 11.8 Å². The van der Waals surface area contributed by atoms with Gasteiger partial charge in [-0.3, -0.25) is 9.59 Å². The third kappa shape index (κ3) is 4.72. The molecule has 0 bridgehead atoms.